The summed E-state index contributed by atoms with van der Waals surface area (Å²) in [6.07, 6.45) is 0. The summed E-state index contributed by atoms with van der Waals surface area (Å²) in [5.41, 5.74) is 1.53. The molecule has 28 heavy (non-hydrogen) atoms. The molecule has 1 unspecified atom stereocenters. The SMILES string of the molecule is COc1cccc(OCCNC(=O)C(NC(=O)c2cccc(C)c2)C(C)C)c1. The molecular weight excluding hydrogens is 356 g/mol. The van der Waals surface area contributed by atoms with Crippen LogP contribution in [0.5, 0.6) is 11.5 Å². The highest BCUT2D eigenvalue weighted by molar-refractivity contribution is 5.97. The highest BCUT2D eigenvalue weighted by Gasteiger charge is 2.24. The smallest absolute Gasteiger partial charge is 0.251 e. The van der Waals surface area contributed by atoms with Gasteiger partial charge in [-0.15, -0.1) is 0 Å². The fraction of sp³-hybridized carbons (Fsp3) is 0.364. The molecule has 2 aromatic rings. The van der Waals surface area contributed by atoms with Crippen LogP contribution in [0.15, 0.2) is 48.5 Å². The predicted molar refractivity (Wildman–Crippen MR) is 109 cm³/mol. The highest BCUT2D eigenvalue weighted by Crippen LogP contribution is 2.18. The zero-order chi connectivity index (χ0) is 20.5. The van der Waals surface area contributed by atoms with E-state index in [-0.39, 0.29) is 17.7 Å². The lowest BCUT2D eigenvalue weighted by Crippen LogP contribution is -2.50. The Morgan fingerprint density at radius 1 is 1.04 bits per heavy atom. The topological polar surface area (TPSA) is 76.7 Å². The van der Waals surface area contributed by atoms with E-state index in [1.807, 2.05) is 51.1 Å². The van der Waals surface area contributed by atoms with E-state index in [1.165, 1.54) is 0 Å². The number of carbonyl (C=O) groups is 2. The molecule has 6 nitrogen and oxygen atoms in total. The second-order valence-corrected chi connectivity index (χ2v) is 6.88. The first kappa shape index (κ1) is 21.3. The van der Waals surface area contributed by atoms with Crippen molar-refractivity contribution in [2.24, 2.45) is 5.92 Å². The lowest BCUT2D eigenvalue weighted by molar-refractivity contribution is -0.124. The minimum absolute atomic E-state index is 0.0481. The van der Waals surface area contributed by atoms with Crippen LogP contribution in [0.2, 0.25) is 0 Å². The molecule has 0 radical (unpaired) electrons. The number of methoxy groups -OCH3 is 1. The van der Waals surface area contributed by atoms with Gasteiger partial charge in [0, 0.05) is 11.6 Å². The summed E-state index contributed by atoms with van der Waals surface area (Å²) in [5, 5.41) is 5.65. The molecular formula is C22H28N2O4. The van der Waals surface area contributed by atoms with E-state index >= 15 is 0 Å². The number of aryl methyl sites for hydroxylation is 1. The number of carbonyl (C=O) groups excluding carboxylic acids is 2. The first-order chi connectivity index (χ1) is 13.4. The standard InChI is InChI=1S/C22H28N2O4/c1-15(2)20(24-21(25)17-8-5-7-16(3)13-17)22(26)23-11-12-28-19-10-6-9-18(14-19)27-4/h5-10,13-15,20H,11-12H2,1-4H3,(H,23,26)(H,24,25). The first-order valence-electron chi connectivity index (χ1n) is 9.33. The van der Waals surface area contributed by atoms with Gasteiger partial charge < -0.3 is 20.1 Å². The van der Waals surface area contributed by atoms with Crippen molar-refractivity contribution >= 4 is 11.8 Å². The van der Waals surface area contributed by atoms with Gasteiger partial charge in [0.15, 0.2) is 0 Å². The fourth-order valence-corrected chi connectivity index (χ4v) is 2.69. The van der Waals surface area contributed by atoms with Crippen molar-refractivity contribution in [2.45, 2.75) is 26.8 Å². The lowest BCUT2D eigenvalue weighted by Gasteiger charge is -2.22. The van der Waals surface area contributed by atoms with Crippen LogP contribution < -0.4 is 20.1 Å². The molecule has 0 aliphatic heterocycles. The van der Waals surface area contributed by atoms with Crippen LogP contribution in [0.25, 0.3) is 0 Å². The fourth-order valence-electron chi connectivity index (χ4n) is 2.69. The molecule has 0 aromatic heterocycles. The van der Waals surface area contributed by atoms with Crippen LogP contribution >= 0.6 is 0 Å². The quantitative estimate of drug-likeness (QED) is 0.652. The maximum absolute atomic E-state index is 12.5. The molecule has 0 heterocycles. The summed E-state index contributed by atoms with van der Waals surface area (Å²) in [4.78, 5) is 25.0. The molecule has 2 rings (SSSR count). The normalized spacial score (nSPS) is 11.6. The van der Waals surface area contributed by atoms with Gasteiger partial charge in [-0.1, -0.05) is 37.6 Å². The number of hydrogen-bond acceptors (Lipinski definition) is 4. The van der Waals surface area contributed by atoms with E-state index < -0.39 is 6.04 Å². The first-order valence-corrected chi connectivity index (χ1v) is 9.33. The molecule has 2 amide bonds. The number of amides is 2. The van der Waals surface area contributed by atoms with Crippen molar-refractivity contribution < 1.29 is 19.1 Å². The van der Waals surface area contributed by atoms with Crippen molar-refractivity contribution in [3.63, 3.8) is 0 Å². The van der Waals surface area contributed by atoms with E-state index in [0.717, 1.165) is 5.56 Å². The maximum Gasteiger partial charge on any atom is 0.251 e. The molecule has 150 valence electrons. The van der Waals surface area contributed by atoms with Crippen molar-refractivity contribution in [1.82, 2.24) is 10.6 Å². The van der Waals surface area contributed by atoms with Gasteiger partial charge in [-0.3, -0.25) is 9.59 Å². The van der Waals surface area contributed by atoms with Gasteiger partial charge in [0.05, 0.1) is 13.7 Å². The van der Waals surface area contributed by atoms with E-state index in [9.17, 15) is 9.59 Å². The van der Waals surface area contributed by atoms with Gasteiger partial charge in [-0.2, -0.15) is 0 Å². The third-order valence-corrected chi connectivity index (χ3v) is 4.23. The second-order valence-electron chi connectivity index (χ2n) is 6.88. The van der Waals surface area contributed by atoms with Crippen molar-refractivity contribution in [3.05, 3.63) is 59.7 Å². The van der Waals surface area contributed by atoms with Gasteiger partial charge in [-0.25, -0.2) is 0 Å². The second kappa shape index (κ2) is 10.3. The Bertz CT molecular complexity index is 805. The maximum atomic E-state index is 12.5. The summed E-state index contributed by atoms with van der Waals surface area (Å²) in [7, 11) is 1.59. The average molecular weight is 384 g/mol. The Balaban J connectivity index is 1.85. The van der Waals surface area contributed by atoms with Crippen molar-refractivity contribution in [3.8, 4) is 11.5 Å². The molecule has 2 aromatic carbocycles. The molecule has 2 N–H and O–H groups in total. The molecule has 0 aliphatic carbocycles. The van der Waals surface area contributed by atoms with Gasteiger partial charge in [0.1, 0.15) is 24.1 Å². The monoisotopic (exact) mass is 384 g/mol. The van der Waals surface area contributed by atoms with E-state index in [1.54, 1.807) is 25.3 Å². The van der Waals surface area contributed by atoms with Crippen molar-refractivity contribution in [2.75, 3.05) is 20.3 Å². The predicted octanol–water partition coefficient (Wildman–Crippen LogP) is 2.95. The Hall–Kier alpha value is -3.02. The van der Waals surface area contributed by atoms with Gasteiger partial charge in [-0.05, 0) is 37.1 Å². The van der Waals surface area contributed by atoms with Crippen LogP contribution in [0.1, 0.15) is 29.8 Å². The zero-order valence-corrected chi connectivity index (χ0v) is 16.8. The van der Waals surface area contributed by atoms with Gasteiger partial charge in [0.25, 0.3) is 5.91 Å². The van der Waals surface area contributed by atoms with Gasteiger partial charge in [0.2, 0.25) is 5.91 Å². The summed E-state index contributed by atoms with van der Waals surface area (Å²) < 4.78 is 10.8. The lowest BCUT2D eigenvalue weighted by atomic mass is 10.0. The molecule has 1 atom stereocenters. The van der Waals surface area contributed by atoms with Crippen LogP contribution in [-0.2, 0) is 4.79 Å². The number of nitrogens with one attached hydrogen (secondary N) is 2. The average Bonchev–Trinajstić information content (AvgIpc) is 2.69. The molecule has 0 fully saturated rings. The number of ether oxygens (including phenoxy) is 2. The summed E-state index contributed by atoms with van der Waals surface area (Å²) >= 11 is 0. The number of hydrogen-bond donors (Lipinski definition) is 2. The van der Waals surface area contributed by atoms with E-state index in [4.69, 9.17) is 9.47 Å². The van der Waals surface area contributed by atoms with E-state index in [2.05, 4.69) is 10.6 Å². The Morgan fingerprint density at radius 2 is 1.75 bits per heavy atom. The zero-order valence-electron chi connectivity index (χ0n) is 16.8. The van der Waals surface area contributed by atoms with Crippen LogP contribution in [0.3, 0.4) is 0 Å². The summed E-state index contributed by atoms with van der Waals surface area (Å²) in [6.45, 7) is 6.36. The number of benzene rings is 2. The highest BCUT2D eigenvalue weighted by atomic mass is 16.5. The molecule has 6 heteroatoms. The van der Waals surface area contributed by atoms with Crippen LogP contribution in [0, 0.1) is 12.8 Å². The Labute approximate surface area is 166 Å². The molecule has 0 spiro atoms. The molecule has 0 bridgehead atoms. The Kier molecular flexibility index (Phi) is 7.87. The summed E-state index contributed by atoms with van der Waals surface area (Å²) in [5.74, 6) is 0.838. The third kappa shape index (κ3) is 6.30. The Morgan fingerprint density at radius 3 is 2.43 bits per heavy atom. The molecule has 0 saturated heterocycles. The molecule has 0 aliphatic rings. The van der Waals surface area contributed by atoms with Crippen LogP contribution in [0.4, 0.5) is 0 Å². The number of rotatable bonds is 9. The van der Waals surface area contributed by atoms with E-state index in [0.29, 0.717) is 30.2 Å². The largest absolute Gasteiger partial charge is 0.497 e. The molecule has 0 saturated carbocycles. The minimum atomic E-state index is -0.621. The minimum Gasteiger partial charge on any atom is -0.497 e. The van der Waals surface area contributed by atoms with Gasteiger partial charge >= 0.3 is 0 Å². The van der Waals surface area contributed by atoms with Crippen LogP contribution in [-0.4, -0.2) is 38.1 Å². The third-order valence-electron chi connectivity index (χ3n) is 4.23. The summed E-state index contributed by atoms with van der Waals surface area (Å²) in [6, 6.07) is 13.9. The van der Waals surface area contributed by atoms with Crippen molar-refractivity contribution in [1.29, 1.82) is 0 Å².